The van der Waals surface area contributed by atoms with E-state index in [1.54, 1.807) is 17.0 Å². The average Bonchev–Trinajstić information content (AvgIpc) is 2.69. The fourth-order valence-electron chi connectivity index (χ4n) is 3.59. The number of amides is 2. The Morgan fingerprint density at radius 3 is 2.64 bits per heavy atom. The summed E-state index contributed by atoms with van der Waals surface area (Å²) in [6.45, 7) is 2.11. The van der Waals surface area contributed by atoms with E-state index < -0.39 is 5.54 Å². The number of aliphatic hydroxyl groups is 1. The number of carbonyl (C=O) groups is 2. The van der Waals surface area contributed by atoms with Gasteiger partial charge in [0.05, 0.1) is 18.1 Å². The first-order chi connectivity index (χ1) is 12.1. The summed E-state index contributed by atoms with van der Waals surface area (Å²) < 4.78 is 5.34. The van der Waals surface area contributed by atoms with E-state index in [1.807, 2.05) is 18.2 Å². The quantitative estimate of drug-likeness (QED) is 0.859. The fourth-order valence-corrected chi connectivity index (χ4v) is 3.59. The highest BCUT2D eigenvalue weighted by Gasteiger charge is 2.37. The number of rotatable bonds is 4. The molecule has 136 valence electrons. The van der Waals surface area contributed by atoms with Crippen LogP contribution in [0.4, 0.5) is 0 Å². The minimum Gasteiger partial charge on any atom is -0.394 e. The van der Waals surface area contributed by atoms with Crippen LogP contribution in [0.5, 0.6) is 0 Å². The number of aliphatic hydroxyl groups excluding tert-OH is 1. The molecule has 0 aliphatic carbocycles. The standard InChI is InChI=1S/C19H26N2O4/c22-14-19(8-11-25-12-9-19)20-17(23)16-7-4-10-21(13-16)18(24)15-5-2-1-3-6-15/h1-3,5-6,16,22H,4,7-14H2,(H,20,23). The Hall–Kier alpha value is -1.92. The molecule has 1 aromatic carbocycles. The number of hydrogen-bond acceptors (Lipinski definition) is 4. The summed E-state index contributed by atoms with van der Waals surface area (Å²) in [7, 11) is 0. The van der Waals surface area contributed by atoms with Gasteiger partial charge in [-0.25, -0.2) is 0 Å². The first-order valence-electron chi connectivity index (χ1n) is 8.98. The van der Waals surface area contributed by atoms with E-state index in [2.05, 4.69) is 5.32 Å². The number of ether oxygens (including phenoxy) is 1. The zero-order valence-corrected chi connectivity index (χ0v) is 14.4. The number of likely N-dealkylation sites (tertiary alicyclic amines) is 1. The van der Waals surface area contributed by atoms with E-state index in [0.29, 0.717) is 44.7 Å². The predicted molar refractivity (Wildman–Crippen MR) is 93.1 cm³/mol. The zero-order chi connectivity index (χ0) is 17.7. The lowest BCUT2D eigenvalue weighted by molar-refractivity contribution is -0.130. The van der Waals surface area contributed by atoms with Crippen LogP contribution in [0.3, 0.4) is 0 Å². The maximum absolute atomic E-state index is 12.7. The van der Waals surface area contributed by atoms with Crippen molar-refractivity contribution < 1.29 is 19.4 Å². The fraction of sp³-hybridized carbons (Fsp3) is 0.579. The summed E-state index contributed by atoms with van der Waals surface area (Å²) in [6, 6.07) is 9.17. The van der Waals surface area contributed by atoms with Crippen LogP contribution in [0.1, 0.15) is 36.0 Å². The lowest BCUT2D eigenvalue weighted by atomic mass is 9.88. The molecular formula is C19H26N2O4. The van der Waals surface area contributed by atoms with E-state index in [9.17, 15) is 14.7 Å². The molecule has 2 saturated heterocycles. The number of nitrogens with zero attached hydrogens (tertiary/aromatic N) is 1. The molecule has 1 aromatic rings. The molecular weight excluding hydrogens is 320 g/mol. The summed E-state index contributed by atoms with van der Waals surface area (Å²) in [5.74, 6) is -0.324. The van der Waals surface area contributed by atoms with Crippen LogP contribution in [-0.2, 0) is 9.53 Å². The van der Waals surface area contributed by atoms with Gasteiger partial charge in [0.25, 0.3) is 5.91 Å². The summed E-state index contributed by atoms with van der Waals surface area (Å²) in [6.07, 6.45) is 2.82. The van der Waals surface area contributed by atoms with Crippen LogP contribution >= 0.6 is 0 Å². The first-order valence-corrected chi connectivity index (χ1v) is 8.98. The number of carbonyl (C=O) groups excluding carboxylic acids is 2. The van der Waals surface area contributed by atoms with E-state index in [-0.39, 0.29) is 24.3 Å². The van der Waals surface area contributed by atoms with E-state index in [4.69, 9.17) is 4.74 Å². The maximum atomic E-state index is 12.7. The van der Waals surface area contributed by atoms with Crippen molar-refractivity contribution in [1.29, 1.82) is 0 Å². The highest BCUT2D eigenvalue weighted by molar-refractivity contribution is 5.94. The minimum absolute atomic E-state index is 0.0268. The second-order valence-electron chi connectivity index (χ2n) is 7.00. The largest absolute Gasteiger partial charge is 0.394 e. The Kier molecular flexibility index (Phi) is 5.71. The van der Waals surface area contributed by atoms with Crippen LogP contribution in [0.2, 0.25) is 0 Å². The summed E-state index contributed by atoms with van der Waals surface area (Å²) in [5, 5.41) is 12.8. The van der Waals surface area contributed by atoms with Gasteiger partial charge in [0.2, 0.25) is 5.91 Å². The van der Waals surface area contributed by atoms with Crippen molar-refractivity contribution in [2.45, 2.75) is 31.2 Å². The molecule has 0 radical (unpaired) electrons. The molecule has 2 fully saturated rings. The Morgan fingerprint density at radius 1 is 1.24 bits per heavy atom. The molecule has 0 spiro atoms. The van der Waals surface area contributed by atoms with Crippen LogP contribution < -0.4 is 5.32 Å². The van der Waals surface area contributed by atoms with E-state index in [0.717, 1.165) is 12.8 Å². The lowest BCUT2D eigenvalue weighted by Gasteiger charge is -2.39. The molecule has 6 heteroatoms. The maximum Gasteiger partial charge on any atom is 0.253 e. The number of nitrogens with one attached hydrogen (secondary N) is 1. The molecule has 2 N–H and O–H groups in total. The van der Waals surface area contributed by atoms with Gasteiger partial charge in [0.1, 0.15) is 0 Å². The molecule has 2 aliphatic heterocycles. The van der Waals surface area contributed by atoms with Crippen molar-refractivity contribution in [3.8, 4) is 0 Å². The summed E-state index contributed by atoms with van der Waals surface area (Å²) in [4.78, 5) is 27.1. The van der Waals surface area contributed by atoms with Crippen LogP contribution in [-0.4, -0.2) is 60.3 Å². The Balaban J connectivity index is 1.62. The topological polar surface area (TPSA) is 78.9 Å². The first kappa shape index (κ1) is 17.9. The van der Waals surface area contributed by atoms with Crippen molar-refractivity contribution in [2.75, 3.05) is 32.9 Å². The van der Waals surface area contributed by atoms with Gasteiger partial charge in [-0.15, -0.1) is 0 Å². The lowest BCUT2D eigenvalue weighted by Crippen LogP contribution is -2.57. The van der Waals surface area contributed by atoms with Gasteiger partial charge >= 0.3 is 0 Å². The molecule has 2 amide bonds. The zero-order valence-electron chi connectivity index (χ0n) is 14.4. The van der Waals surface area contributed by atoms with Crippen molar-refractivity contribution in [1.82, 2.24) is 10.2 Å². The molecule has 25 heavy (non-hydrogen) atoms. The highest BCUT2D eigenvalue weighted by Crippen LogP contribution is 2.24. The highest BCUT2D eigenvalue weighted by atomic mass is 16.5. The van der Waals surface area contributed by atoms with E-state index in [1.165, 1.54) is 0 Å². The predicted octanol–water partition coefficient (Wildman–Crippen LogP) is 1.20. The number of hydrogen-bond donors (Lipinski definition) is 2. The van der Waals surface area contributed by atoms with Crippen molar-refractivity contribution in [3.63, 3.8) is 0 Å². The number of piperidine rings is 1. The minimum atomic E-state index is -0.582. The Morgan fingerprint density at radius 2 is 1.96 bits per heavy atom. The Bertz CT molecular complexity index is 599. The monoisotopic (exact) mass is 346 g/mol. The van der Waals surface area contributed by atoms with Gasteiger partial charge in [0, 0.05) is 31.9 Å². The van der Waals surface area contributed by atoms with Crippen LogP contribution in [0, 0.1) is 5.92 Å². The second-order valence-corrected chi connectivity index (χ2v) is 7.00. The van der Waals surface area contributed by atoms with Gasteiger partial charge in [0.15, 0.2) is 0 Å². The second kappa shape index (κ2) is 7.97. The SMILES string of the molecule is O=C(NC1(CO)CCOCC1)C1CCCN(C(=O)c2ccccc2)C1. The molecule has 0 saturated carbocycles. The molecule has 1 unspecified atom stereocenters. The van der Waals surface area contributed by atoms with Crippen molar-refractivity contribution in [3.05, 3.63) is 35.9 Å². The molecule has 1 atom stereocenters. The van der Waals surface area contributed by atoms with Crippen molar-refractivity contribution in [2.24, 2.45) is 5.92 Å². The molecule has 0 aromatic heterocycles. The molecule has 6 nitrogen and oxygen atoms in total. The van der Waals surface area contributed by atoms with Gasteiger partial charge < -0.3 is 20.1 Å². The van der Waals surface area contributed by atoms with Crippen LogP contribution in [0.15, 0.2) is 30.3 Å². The van der Waals surface area contributed by atoms with Crippen molar-refractivity contribution >= 4 is 11.8 Å². The molecule has 0 bridgehead atoms. The normalized spacial score (nSPS) is 23.1. The third-order valence-corrected chi connectivity index (χ3v) is 5.24. The Labute approximate surface area is 148 Å². The molecule has 2 heterocycles. The molecule has 2 aliphatic rings. The molecule has 3 rings (SSSR count). The van der Waals surface area contributed by atoms with Crippen LogP contribution in [0.25, 0.3) is 0 Å². The van der Waals surface area contributed by atoms with Gasteiger partial charge in [-0.05, 0) is 37.8 Å². The smallest absolute Gasteiger partial charge is 0.253 e. The number of benzene rings is 1. The average molecular weight is 346 g/mol. The van der Waals surface area contributed by atoms with Gasteiger partial charge in [-0.3, -0.25) is 9.59 Å². The third-order valence-electron chi connectivity index (χ3n) is 5.24. The van der Waals surface area contributed by atoms with Gasteiger partial charge in [-0.2, -0.15) is 0 Å². The van der Waals surface area contributed by atoms with E-state index >= 15 is 0 Å². The summed E-state index contributed by atoms with van der Waals surface area (Å²) in [5.41, 5.74) is 0.0703. The summed E-state index contributed by atoms with van der Waals surface area (Å²) >= 11 is 0. The van der Waals surface area contributed by atoms with Gasteiger partial charge in [-0.1, -0.05) is 18.2 Å². The third kappa shape index (κ3) is 4.19.